The van der Waals surface area contributed by atoms with Gasteiger partial charge in [-0.1, -0.05) is 74.9 Å². The lowest BCUT2D eigenvalue weighted by Gasteiger charge is -2.15. The average molecular weight is 410 g/mol. The third-order valence-corrected chi connectivity index (χ3v) is 5.90. The van der Waals surface area contributed by atoms with Crippen molar-refractivity contribution >= 4 is 11.8 Å². The topological polar surface area (TPSA) is 104 Å². The molecule has 6 nitrogen and oxygen atoms in total. The average Bonchev–Trinajstić information content (AvgIpc) is 3.06. The first-order chi connectivity index (χ1) is 14.6. The molecule has 2 amide bonds. The van der Waals surface area contributed by atoms with Crippen LogP contribution in [0.3, 0.4) is 0 Å². The molecule has 1 fully saturated rings. The molecule has 160 valence electrons. The molecule has 0 radical (unpaired) electrons. The van der Waals surface area contributed by atoms with Crippen LogP contribution in [0.1, 0.15) is 54.4 Å². The van der Waals surface area contributed by atoms with E-state index >= 15 is 0 Å². The maximum absolute atomic E-state index is 12.3. The lowest BCUT2D eigenvalue weighted by atomic mass is 9.91. The van der Waals surface area contributed by atoms with Crippen LogP contribution in [-0.2, 0) is 11.2 Å². The van der Waals surface area contributed by atoms with Gasteiger partial charge in [-0.15, -0.1) is 0 Å². The van der Waals surface area contributed by atoms with Crippen LogP contribution in [0.25, 0.3) is 11.1 Å². The van der Waals surface area contributed by atoms with Crippen molar-refractivity contribution in [3.05, 3.63) is 59.7 Å². The summed E-state index contributed by atoms with van der Waals surface area (Å²) in [6, 6.07) is 14.9. The summed E-state index contributed by atoms with van der Waals surface area (Å²) < 4.78 is 0. The Bertz CT molecular complexity index is 826. The van der Waals surface area contributed by atoms with E-state index in [1.807, 2.05) is 12.1 Å². The van der Waals surface area contributed by atoms with E-state index in [4.69, 9.17) is 10.9 Å². The minimum absolute atomic E-state index is 0.108. The summed E-state index contributed by atoms with van der Waals surface area (Å²) in [6.45, 7) is -0.108. The molecular weight excluding hydrogens is 378 g/mol. The van der Waals surface area contributed by atoms with Gasteiger partial charge in [-0.3, -0.25) is 14.8 Å². The number of carbonyl (C=O) groups excluding carboxylic acids is 2. The molecule has 5 N–H and O–H groups in total. The molecule has 0 heterocycles. The van der Waals surface area contributed by atoms with Crippen LogP contribution >= 0.6 is 0 Å². The van der Waals surface area contributed by atoms with E-state index in [1.165, 1.54) is 49.6 Å². The normalized spacial score (nSPS) is 15.8. The molecule has 1 aliphatic rings. The molecular formula is C24H31N3O3. The fraction of sp³-hybridized carbons (Fsp3) is 0.417. The molecule has 0 aliphatic heterocycles. The Balaban J connectivity index is 1.61. The molecule has 2 aromatic rings. The van der Waals surface area contributed by atoms with Crippen molar-refractivity contribution in [1.82, 2.24) is 10.8 Å². The van der Waals surface area contributed by atoms with E-state index < -0.39 is 17.9 Å². The number of hydrogen-bond acceptors (Lipinski definition) is 4. The molecule has 0 saturated heterocycles. The minimum Gasteiger partial charge on any atom is -0.339 e. The van der Waals surface area contributed by atoms with Gasteiger partial charge in [0.1, 0.15) is 6.04 Å². The Morgan fingerprint density at radius 2 is 1.50 bits per heavy atom. The van der Waals surface area contributed by atoms with Crippen molar-refractivity contribution in [2.45, 2.75) is 51.0 Å². The van der Waals surface area contributed by atoms with Gasteiger partial charge in [-0.05, 0) is 41.2 Å². The molecule has 1 saturated carbocycles. The van der Waals surface area contributed by atoms with Crippen molar-refractivity contribution in [2.24, 2.45) is 11.7 Å². The number of carbonyl (C=O) groups is 2. The molecule has 2 aromatic carbocycles. The highest BCUT2D eigenvalue weighted by molar-refractivity contribution is 5.97. The van der Waals surface area contributed by atoms with Crippen LogP contribution in [0.15, 0.2) is 48.5 Å². The number of hydrogen-bond donors (Lipinski definition) is 4. The van der Waals surface area contributed by atoms with E-state index in [1.54, 1.807) is 12.1 Å². The van der Waals surface area contributed by atoms with Gasteiger partial charge in [0.15, 0.2) is 0 Å². The first-order valence-corrected chi connectivity index (χ1v) is 10.7. The molecule has 30 heavy (non-hydrogen) atoms. The predicted octanol–water partition coefficient (Wildman–Crippen LogP) is 3.43. The van der Waals surface area contributed by atoms with E-state index in [2.05, 4.69) is 29.6 Å². The van der Waals surface area contributed by atoms with Crippen molar-refractivity contribution in [2.75, 3.05) is 6.54 Å². The highest BCUT2D eigenvalue weighted by Gasteiger charge is 2.19. The summed E-state index contributed by atoms with van der Waals surface area (Å²) in [5, 5.41) is 11.2. The molecule has 0 spiro atoms. The van der Waals surface area contributed by atoms with E-state index in [-0.39, 0.29) is 6.54 Å². The fourth-order valence-electron chi connectivity index (χ4n) is 4.10. The number of amides is 2. The summed E-state index contributed by atoms with van der Waals surface area (Å²) in [5.74, 6) is -0.354. The molecule has 1 aliphatic carbocycles. The molecule has 6 heteroatoms. The van der Waals surface area contributed by atoms with Gasteiger partial charge in [-0.25, -0.2) is 5.48 Å². The lowest BCUT2D eigenvalue weighted by molar-refractivity contribution is -0.130. The van der Waals surface area contributed by atoms with Gasteiger partial charge in [-0.2, -0.15) is 0 Å². The van der Waals surface area contributed by atoms with Crippen LogP contribution < -0.4 is 16.5 Å². The van der Waals surface area contributed by atoms with Crippen LogP contribution in [0, 0.1) is 5.92 Å². The quantitative estimate of drug-likeness (QED) is 0.319. The maximum Gasteiger partial charge on any atom is 0.267 e. The largest absolute Gasteiger partial charge is 0.339 e. The van der Waals surface area contributed by atoms with E-state index in [0.29, 0.717) is 5.56 Å². The second-order valence-corrected chi connectivity index (χ2v) is 8.07. The summed E-state index contributed by atoms with van der Waals surface area (Å²) in [6.07, 6.45) is 9.32. The van der Waals surface area contributed by atoms with Gasteiger partial charge >= 0.3 is 0 Å². The first-order valence-electron chi connectivity index (χ1n) is 10.7. The number of benzene rings is 2. The number of hydroxylamine groups is 1. The zero-order valence-corrected chi connectivity index (χ0v) is 17.3. The Labute approximate surface area is 177 Å². The zero-order chi connectivity index (χ0) is 21.3. The summed E-state index contributed by atoms with van der Waals surface area (Å²) in [7, 11) is 0. The van der Waals surface area contributed by atoms with Crippen molar-refractivity contribution in [3.8, 4) is 11.1 Å². The Kier molecular flexibility index (Phi) is 7.99. The maximum atomic E-state index is 12.3. The highest BCUT2D eigenvalue weighted by atomic mass is 16.5. The van der Waals surface area contributed by atoms with Crippen molar-refractivity contribution in [1.29, 1.82) is 0 Å². The van der Waals surface area contributed by atoms with E-state index in [9.17, 15) is 9.59 Å². The zero-order valence-electron chi connectivity index (χ0n) is 17.3. The van der Waals surface area contributed by atoms with Crippen molar-refractivity contribution < 1.29 is 14.8 Å². The van der Waals surface area contributed by atoms with Crippen LogP contribution in [0.5, 0.6) is 0 Å². The Morgan fingerprint density at radius 3 is 2.03 bits per heavy atom. The third kappa shape index (κ3) is 5.90. The molecule has 1 atom stereocenters. The van der Waals surface area contributed by atoms with Crippen LogP contribution in [0.4, 0.5) is 0 Å². The molecule has 0 unspecified atom stereocenters. The second-order valence-electron chi connectivity index (χ2n) is 8.07. The highest BCUT2D eigenvalue weighted by Crippen LogP contribution is 2.27. The fourth-order valence-corrected chi connectivity index (χ4v) is 4.10. The van der Waals surface area contributed by atoms with Crippen LogP contribution in [-0.4, -0.2) is 29.6 Å². The summed E-state index contributed by atoms with van der Waals surface area (Å²) >= 11 is 0. The van der Waals surface area contributed by atoms with E-state index in [0.717, 1.165) is 23.5 Å². The van der Waals surface area contributed by atoms with Gasteiger partial charge in [0.05, 0.1) is 0 Å². The number of rotatable bonds is 7. The summed E-state index contributed by atoms with van der Waals surface area (Å²) in [5.41, 5.74) is 10.9. The van der Waals surface area contributed by atoms with Gasteiger partial charge in [0.25, 0.3) is 11.8 Å². The van der Waals surface area contributed by atoms with Crippen LogP contribution in [0.2, 0.25) is 0 Å². The Morgan fingerprint density at radius 1 is 0.933 bits per heavy atom. The van der Waals surface area contributed by atoms with Gasteiger partial charge in [0.2, 0.25) is 0 Å². The van der Waals surface area contributed by atoms with Gasteiger partial charge < -0.3 is 11.1 Å². The second kappa shape index (κ2) is 10.9. The molecule has 0 bridgehead atoms. The molecule has 3 rings (SSSR count). The standard InChI is InChI=1S/C24H31N3O3/c25-16-22(24(29)27-30)26-23(28)21-13-11-20(12-14-21)19-9-7-18(8-10-19)15-17-5-3-1-2-4-6-17/h7-14,17,22,30H,1-6,15-16,25H2,(H,26,28)(H,27,29)/t22-/m0/s1. The van der Waals surface area contributed by atoms with Crippen molar-refractivity contribution in [3.63, 3.8) is 0 Å². The molecule has 0 aromatic heterocycles. The first kappa shape index (κ1) is 22.0. The smallest absolute Gasteiger partial charge is 0.267 e. The number of nitrogens with two attached hydrogens (primary N) is 1. The monoisotopic (exact) mass is 409 g/mol. The minimum atomic E-state index is -0.983. The predicted molar refractivity (Wildman–Crippen MR) is 117 cm³/mol. The van der Waals surface area contributed by atoms with Gasteiger partial charge in [0, 0.05) is 12.1 Å². The SMILES string of the molecule is NC[C@H](NC(=O)c1ccc(-c2ccc(CC3CCCCCC3)cc2)cc1)C(=O)NO. The third-order valence-electron chi connectivity index (χ3n) is 5.90. The Hall–Kier alpha value is -2.70. The summed E-state index contributed by atoms with van der Waals surface area (Å²) in [4.78, 5) is 23.8. The lowest BCUT2D eigenvalue weighted by Crippen LogP contribution is -2.50. The number of nitrogens with one attached hydrogen (secondary N) is 2.